The second-order valence-corrected chi connectivity index (χ2v) is 8.18. The van der Waals surface area contributed by atoms with E-state index < -0.39 is 17.5 Å². The summed E-state index contributed by atoms with van der Waals surface area (Å²) < 4.78 is 26.5. The van der Waals surface area contributed by atoms with Crippen molar-refractivity contribution in [3.63, 3.8) is 0 Å². The fourth-order valence-electron chi connectivity index (χ4n) is 2.87. The van der Waals surface area contributed by atoms with Gasteiger partial charge in [0, 0.05) is 32.6 Å². The van der Waals surface area contributed by atoms with E-state index in [4.69, 9.17) is 0 Å². The van der Waals surface area contributed by atoms with Gasteiger partial charge in [-0.25, -0.2) is 8.78 Å². The van der Waals surface area contributed by atoms with Crippen LogP contribution in [0.3, 0.4) is 0 Å². The van der Waals surface area contributed by atoms with Gasteiger partial charge >= 0.3 is 0 Å². The van der Waals surface area contributed by atoms with Crippen LogP contribution in [0.25, 0.3) is 0 Å². The van der Waals surface area contributed by atoms with E-state index in [2.05, 4.69) is 38.2 Å². The molecule has 0 heterocycles. The molecule has 0 fully saturated rings. The van der Waals surface area contributed by atoms with Crippen molar-refractivity contribution in [3.05, 3.63) is 70.8 Å². The summed E-state index contributed by atoms with van der Waals surface area (Å²) in [6.45, 7) is 7.20. The molecule has 6 heteroatoms. The summed E-state index contributed by atoms with van der Waals surface area (Å²) in [4.78, 5) is 25.9. The molecule has 0 aliphatic heterocycles. The number of hydrogen-bond donors (Lipinski definition) is 1. The molecule has 0 aliphatic rings. The summed E-state index contributed by atoms with van der Waals surface area (Å²) in [7, 11) is 1.74. The summed E-state index contributed by atoms with van der Waals surface area (Å²) >= 11 is 0. The van der Waals surface area contributed by atoms with Gasteiger partial charge in [-0.2, -0.15) is 0 Å². The zero-order valence-corrected chi connectivity index (χ0v) is 17.4. The normalized spacial score (nSPS) is 11.2. The Morgan fingerprint density at radius 3 is 2.28 bits per heavy atom. The number of benzene rings is 2. The lowest BCUT2D eigenvalue weighted by atomic mass is 9.87. The Balaban J connectivity index is 1.76. The van der Waals surface area contributed by atoms with Crippen LogP contribution in [-0.2, 0) is 16.8 Å². The number of nitrogens with zero attached hydrogens (tertiary/aromatic N) is 1. The van der Waals surface area contributed by atoms with Crippen LogP contribution < -0.4 is 5.32 Å². The van der Waals surface area contributed by atoms with Crippen molar-refractivity contribution in [2.45, 2.75) is 45.6 Å². The van der Waals surface area contributed by atoms with Crippen molar-refractivity contribution in [1.29, 1.82) is 0 Å². The molecule has 0 spiro atoms. The quantitative estimate of drug-likeness (QED) is 0.697. The van der Waals surface area contributed by atoms with Gasteiger partial charge in [0.05, 0.1) is 5.56 Å². The lowest BCUT2D eigenvalue weighted by molar-refractivity contribution is -0.130. The Labute approximate surface area is 170 Å². The standard InChI is InChI=1S/C23H28F2N2O2/c1-23(2,3)17-9-7-16(8-10-17)15-27(4)21(28)6-5-13-26-22(29)19-12-11-18(24)14-20(19)25/h7-12,14H,5-6,13,15H2,1-4H3,(H,26,29). The van der Waals surface area contributed by atoms with E-state index >= 15 is 0 Å². The third-order valence-electron chi connectivity index (χ3n) is 4.69. The predicted octanol–water partition coefficient (Wildman–Crippen LogP) is 4.43. The molecule has 4 nitrogen and oxygen atoms in total. The summed E-state index contributed by atoms with van der Waals surface area (Å²) in [5.41, 5.74) is 2.16. The molecule has 0 unspecified atom stereocenters. The van der Waals surface area contributed by atoms with Gasteiger partial charge in [-0.3, -0.25) is 9.59 Å². The second kappa shape index (κ2) is 9.63. The van der Waals surface area contributed by atoms with Gasteiger partial charge in [0.1, 0.15) is 11.6 Å². The number of hydrogen-bond acceptors (Lipinski definition) is 2. The average molecular weight is 402 g/mol. The summed E-state index contributed by atoms with van der Waals surface area (Å²) in [5.74, 6) is -2.30. The molecule has 0 aliphatic carbocycles. The molecule has 0 radical (unpaired) electrons. The minimum absolute atomic E-state index is 0.0351. The van der Waals surface area contributed by atoms with E-state index in [-0.39, 0.29) is 29.9 Å². The third kappa shape index (κ3) is 6.66. The Morgan fingerprint density at radius 2 is 1.69 bits per heavy atom. The number of amides is 2. The summed E-state index contributed by atoms with van der Waals surface area (Å²) in [6.07, 6.45) is 0.698. The Kier molecular flexibility index (Phi) is 7.48. The molecule has 0 saturated carbocycles. The molecule has 1 N–H and O–H groups in total. The van der Waals surface area contributed by atoms with Crippen molar-refractivity contribution in [2.75, 3.05) is 13.6 Å². The maximum Gasteiger partial charge on any atom is 0.254 e. The van der Waals surface area contributed by atoms with Gasteiger partial charge < -0.3 is 10.2 Å². The zero-order chi connectivity index (χ0) is 21.6. The molecule has 2 aromatic carbocycles. The van der Waals surface area contributed by atoms with Crippen molar-refractivity contribution < 1.29 is 18.4 Å². The Morgan fingerprint density at radius 1 is 1.03 bits per heavy atom. The highest BCUT2D eigenvalue weighted by Gasteiger charge is 2.15. The number of nitrogens with one attached hydrogen (secondary N) is 1. The van der Waals surface area contributed by atoms with Gasteiger partial charge in [-0.1, -0.05) is 45.0 Å². The first kappa shape index (κ1) is 22.5. The summed E-state index contributed by atoms with van der Waals surface area (Å²) in [6, 6.07) is 11.0. The van der Waals surface area contributed by atoms with Crippen LogP contribution in [0.5, 0.6) is 0 Å². The van der Waals surface area contributed by atoms with Crippen LogP contribution >= 0.6 is 0 Å². The van der Waals surface area contributed by atoms with Gasteiger partial charge in [0.15, 0.2) is 0 Å². The topological polar surface area (TPSA) is 49.4 Å². The molecular weight excluding hydrogens is 374 g/mol. The van der Waals surface area contributed by atoms with Crippen LogP contribution in [0, 0.1) is 11.6 Å². The van der Waals surface area contributed by atoms with Crippen molar-refractivity contribution in [3.8, 4) is 0 Å². The van der Waals surface area contributed by atoms with E-state index in [1.54, 1.807) is 11.9 Å². The maximum absolute atomic E-state index is 13.6. The van der Waals surface area contributed by atoms with Gasteiger partial charge in [0.25, 0.3) is 5.91 Å². The van der Waals surface area contributed by atoms with Gasteiger partial charge in [-0.05, 0) is 35.1 Å². The molecule has 156 valence electrons. The molecular formula is C23H28F2N2O2. The highest BCUT2D eigenvalue weighted by molar-refractivity contribution is 5.94. The lowest BCUT2D eigenvalue weighted by Gasteiger charge is -2.21. The fraction of sp³-hybridized carbons (Fsp3) is 0.391. The van der Waals surface area contributed by atoms with E-state index in [1.165, 1.54) is 5.56 Å². The van der Waals surface area contributed by atoms with E-state index in [0.717, 1.165) is 17.7 Å². The molecule has 29 heavy (non-hydrogen) atoms. The lowest BCUT2D eigenvalue weighted by Crippen LogP contribution is -2.29. The Bertz CT molecular complexity index is 858. The highest BCUT2D eigenvalue weighted by atomic mass is 19.1. The van der Waals surface area contributed by atoms with Crippen LogP contribution in [0.4, 0.5) is 8.78 Å². The SMILES string of the molecule is CN(Cc1ccc(C(C)(C)C)cc1)C(=O)CCCNC(=O)c1ccc(F)cc1F. The molecule has 0 aromatic heterocycles. The molecule has 2 amide bonds. The molecule has 0 saturated heterocycles. The van der Waals surface area contributed by atoms with E-state index in [9.17, 15) is 18.4 Å². The molecule has 0 bridgehead atoms. The Hall–Kier alpha value is -2.76. The predicted molar refractivity (Wildman–Crippen MR) is 110 cm³/mol. The largest absolute Gasteiger partial charge is 0.352 e. The first-order chi connectivity index (χ1) is 13.6. The minimum Gasteiger partial charge on any atom is -0.352 e. The first-order valence-electron chi connectivity index (χ1n) is 9.64. The van der Waals surface area contributed by atoms with Crippen molar-refractivity contribution in [1.82, 2.24) is 10.2 Å². The minimum atomic E-state index is -0.907. The number of carbonyl (C=O) groups excluding carboxylic acids is 2. The first-order valence-corrected chi connectivity index (χ1v) is 9.64. The van der Waals surface area contributed by atoms with Crippen LogP contribution in [-0.4, -0.2) is 30.3 Å². The fourth-order valence-corrected chi connectivity index (χ4v) is 2.87. The van der Waals surface area contributed by atoms with Crippen molar-refractivity contribution in [2.24, 2.45) is 0 Å². The van der Waals surface area contributed by atoms with Crippen LogP contribution in [0.15, 0.2) is 42.5 Å². The number of rotatable bonds is 7. The zero-order valence-electron chi connectivity index (χ0n) is 17.4. The number of halogens is 2. The highest BCUT2D eigenvalue weighted by Crippen LogP contribution is 2.22. The van der Waals surface area contributed by atoms with Crippen molar-refractivity contribution >= 4 is 11.8 Å². The van der Waals surface area contributed by atoms with Gasteiger partial charge in [-0.15, -0.1) is 0 Å². The molecule has 2 rings (SSSR count). The monoisotopic (exact) mass is 402 g/mol. The molecule has 0 atom stereocenters. The van der Waals surface area contributed by atoms with Crippen LogP contribution in [0.1, 0.15) is 55.1 Å². The van der Waals surface area contributed by atoms with Gasteiger partial charge in [0.2, 0.25) is 5.91 Å². The van der Waals surface area contributed by atoms with Crippen LogP contribution in [0.2, 0.25) is 0 Å². The van der Waals surface area contributed by atoms with E-state index in [0.29, 0.717) is 19.0 Å². The number of carbonyl (C=O) groups is 2. The summed E-state index contributed by atoms with van der Waals surface area (Å²) in [5, 5.41) is 2.55. The smallest absolute Gasteiger partial charge is 0.254 e. The maximum atomic E-state index is 13.6. The average Bonchev–Trinajstić information content (AvgIpc) is 2.64. The third-order valence-corrected chi connectivity index (χ3v) is 4.69. The second-order valence-electron chi connectivity index (χ2n) is 8.18. The molecule has 2 aromatic rings. The van der Waals surface area contributed by atoms with E-state index in [1.807, 2.05) is 12.1 Å².